The van der Waals surface area contributed by atoms with Crippen LogP contribution in [0.1, 0.15) is 38.9 Å². The molecule has 1 heterocycles. The normalized spacial score (nSPS) is 16.2. The molecule has 0 radical (unpaired) electrons. The molecule has 0 aliphatic carbocycles. The van der Waals surface area contributed by atoms with Crippen LogP contribution in [0, 0.1) is 5.92 Å². The Balaban J connectivity index is 2.66. The second-order valence-electron chi connectivity index (χ2n) is 4.21. The minimum absolute atomic E-state index is 0.306. The first-order valence-electron chi connectivity index (χ1n) is 5.66. The molecule has 3 atom stereocenters. The maximum absolute atomic E-state index is 10.7. The number of nitrogens with zero attached hydrogens (tertiary/aromatic N) is 1. The minimum atomic E-state index is -1.06. The SMILES string of the molecule is CCC(C)C(C)Nc1nc(C(N)C(=O)O)cs1. The molecule has 1 aromatic heterocycles. The number of thiazole rings is 1. The quantitative estimate of drug-likeness (QED) is 0.726. The Hall–Kier alpha value is -1.14. The van der Waals surface area contributed by atoms with Gasteiger partial charge in [0.2, 0.25) is 0 Å². The summed E-state index contributed by atoms with van der Waals surface area (Å²) in [6.07, 6.45) is 1.08. The van der Waals surface area contributed by atoms with Gasteiger partial charge < -0.3 is 16.2 Å². The molecule has 6 heteroatoms. The molecular formula is C11H19N3O2S. The Morgan fingerprint density at radius 3 is 2.82 bits per heavy atom. The lowest BCUT2D eigenvalue weighted by Crippen LogP contribution is -2.24. The Morgan fingerprint density at radius 2 is 2.29 bits per heavy atom. The zero-order valence-corrected chi connectivity index (χ0v) is 11.1. The van der Waals surface area contributed by atoms with Crippen molar-refractivity contribution >= 4 is 22.4 Å². The second-order valence-corrected chi connectivity index (χ2v) is 5.07. The van der Waals surface area contributed by atoms with Crippen molar-refractivity contribution in [2.45, 2.75) is 39.3 Å². The molecule has 0 amide bonds. The van der Waals surface area contributed by atoms with Gasteiger partial charge in [0.05, 0.1) is 5.69 Å². The first-order chi connectivity index (χ1) is 7.95. The van der Waals surface area contributed by atoms with Crippen molar-refractivity contribution in [3.05, 3.63) is 11.1 Å². The third kappa shape index (κ3) is 3.67. The molecular weight excluding hydrogens is 238 g/mol. The van der Waals surface area contributed by atoms with Crippen LogP contribution < -0.4 is 11.1 Å². The molecule has 0 fully saturated rings. The van der Waals surface area contributed by atoms with Gasteiger partial charge in [-0.1, -0.05) is 20.3 Å². The van der Waals surface area contributed by atoms with Crippen molar-refractivity contribution in [3.8, 4) is 0 Å². The number of anilines is 1. The molecule has 4 N–H and O–H groups in total. The highest BCUT2D eigenvalue weighted by Gasteiger charge is 2.18. The van der Waals surface area contributed by atoms with Crippen molar-refractivity contribution in [1.29, 1.82) is 0 Å². The minimum Gasteiger partial charge on any atom is -0.480 e. The third-order valence-corrected chi connectivity index (χ3v) is 3.75. The predicted molar refractivity (Wildman–Crippen MR) is 69.2 cm³/mol. The fourth-order valence-electron chi connectivity index (χ4n) is 1.31. The summed E-state index contributed by atoms with van der Waals surface area (Å²) in [6, 6.07) is -0.735. The van der Waals surface area contributed by atoms with Crippen LogP contribution in [-0.4, -0.2) is 22.1 Å². The lowest BCUT2D eigenvalue weighted by molar-refractivity contribution is -0.138. The van der Waals surface area contributed by atoms with Crippen LogP contribution in [0.25, 0.3) is 0 Å². The molecule has 1 aromatic rings. The number of aliphatic carboxylic acids is 1. The van der Waals surface area contributed by atoms with E-state index in [1.165, 1.54) is 11.3 Å². The molecule has 0 spiro atoms. The van der Waals surface area contributed by atoms with E-state index >= 15 is 0 Å². The fraction of sp³-hybridized carbons (Fsp3) is 0.636. The topological polar surface area (TPSA) is 88.2 Å². The summed E-state index contributed by atoms with van der Waals surface area (Å²) in [7, 11) is 0. The van der Waals surface area contributed by atoms with Crippen LogP contribution in [0.3, 0.4) is 0 Å². The third-order valence-electron chi connectivity index (χ3n) is 2.96. The number of nitrogens with two attached hydrogens (primary N) is 1. The van der Waals surface area contributed by atoms with Gasteiger partial charge in [0.25, 0.3) is 0 Å². The highest BCUT2D eigenvalue weighted by Crippen LogP contribution is 2.22. The molecule has 0 aromatic carbocycles. The summed E-state index contributed by atoms with van der Waals surface area (Å²) in [5.74, 6) is -0.521. The summed E-state index contributed by atoms with van der Waals surface area (Å²) in [4.78, 5) is 14.9. The van der Waals surface area contributed by atoms with Crippen LogP contribution in [0.4, 0.5) is 5.13 Å². The van der Waals surface area contributed by atoms with Crippen LogP contribution in [-0.2, 0) is 4.79 Å². The first-order valence-corrected chi connectivity index (χ1v) is 6.54. The van der Waals surface area contributed by atoms with E-state index in [2.05, 4.69) is 31.1 Å². The van der Waals surface area contributed by atoms with Crippen LogP contribution in [0.5, 0.6) is 0 Å². The maximum Gasteiger partial charge on any atom is 0.326 e. The zero-order valence-electron chi connectivity index (χ0n) is 10.3. The highest BCUT2D eigenvalue weighted by molar-refractivity contribution is 7.13. The summed E-state index contributed by atoms with van der Waals surface area (Å²) >= 11 is 1.39. The van der Waals surface area contributed by atoms with E-state index in [0.29, 0.717) is 17.7 Å². The number of nitrogens with one attached hydrogen (secondary N) is 1. The molecule has 1 rings (SSSR count). The van der Waals surface area contributed by atoms with Crippen LogP contribution in [0.2, 0.25) is 0 Å². The van der Waals surface area contributed by atoms with Crippen LogP contribution in [0.15, 0.2) is 5.38 Å². The Labute approximate surface area is 105 Å². The number of hydrogen-bond acceptors (Lipinski definition) is 5. The summed E-state index contributed by atoms with van der Waals surface area (Å²) in [5.41, 5.74) is 5.89. The zero-order chi connectivity index (χ0) is 13.0. The standard InChI is InChI=1S/C11H19N3O2S/c1-4-6(2)7(3)13-11-14-8(5-17-11)9(12)10(15)16/h5-7,9H,4,12H2,1-3H3,(H,13,14)(H,15,16). The summed E-state index contributed by atoms with van der Waals surface area (Å²) in [6.45, 7) is 6.39. The van der Waals surface area contributed by atoms with E-state index in [9.17, 15) is 4.79 Å². The molecule has 3 unspecified atom stereocenters. The maximum atomic E-state index is 10.7. The lowest BCUT2D eigenvalue weighted by Gasteiger charge is -2.19. The summed E-state index contributed by atoms with van der Waals surface area (Å²) in [5, 5.41) is 14.4. The first kappa shape index (κ1) is 13.9. The average Bonchev–Trinajstić information content (AvgIpc) is 2.74. The number of hydrogen-bond donors (Lipinski definition) is 3. The molecule has 0 saturated carbocycles. The van der Waals surface area contributed by atoms with Gasteiger partial charge in [0, 0.05) is 11.4 Å². The monoisotopic (exact) mass is 257 g/mol. The number of carboxylic acids is 1. The van der Waals surface area contributed by atoms with Crippen molar-refractivity contribution < 1.29 is 9.90 Å². The molecule has 0 saturated heterocycles. The fourth-order valence-corrected chi connectivity index (χ4v) is 2.16. The van der Waals surface area contributed by atoms with E-state index in [1.807, 2.05) is 0 Å². The van der Waals surface area contributed by atoms with Gasteiger partial charge in [-0.05, 0) is 12.8 Å². The van der Waals surface area contributed by atoms with Gasteiger partial charge in [0.1, 0.15) is 6.04 Å². The predicted octanol–water partition coefficient (Wildman–Crippen LogP) is 2.07. The number of aromatic nitrogens is 1. The van der Waals surface area contributed by atoms with Gasteiger partial charge in [-0.2, -0.15) is 0 Å². The van der Waals surface area contributed by atoms with Crippen molar-refractivity contribution in [3.63, 3.8) is 0 Å². The second kappa shape index (κ2) is 5.97. The largest absolute Gasteiger partial charge is 0.480 e. The Bertz CT molecular complexity index is 381. The molecule has 5 nitrogen and oxygen atoms in total. The van der Waals surface area contributed by atoms with E-state index in [4.69, 9.17) is 10.8 Å². The van der Waals surface area contributed by atoms with Gasteiger partial charge in [-0.25, -0.2) is 4.98 Å². The van der Waals surface area contributed by atoms with Crippen molar-refractivity contribution in [2.75, 3.05) is 5.32 Å². The van der Waals surface area contributed by atoms with Crippen molar-refractivity contribution in [2.24, 2.45) is 11.7 Å². The molecule has 96 valence electrons. The van der Waals surface area contributed by atoms with Gasteiger partial charge >= 0.3 is 5.97 Å². The molecule has 0 aliphatic rings. The average molecular weight is 257 g/mol. The van der Waals surface area contributed by atoms with Crippen molar-refractivity contribution in [1.82, 2.24) is 4.98 Å². The molecule has 17 heavy (non-hydrogen) atoms. The number of rotatable bonds is 6. The van der Waals surface area contributed by atoms with Gasteiger partial charge in [-0.15, -0.1) is 11.3 Å². The summed E-state index contributed by atoms with van der Waals surface area (Å²) < 4.78 is 0. The highest BCUT2D eigenvalue weighted by atomic mass is 32.1. The molecule has 0 aliphatic heterocycles. The smallest absolute Gasteiger partial charge is 0.326 e. The van der Waals surface area contributed by atoms with E-state index in [1.54, 1.807) is 5.38 Å². The number of carbonyl (C=O) groups is 1. The van der Waals surface area contributed by atoms with E-state index in [-0.39, 0.29) is 0 Å². The van der Waals surface area contributed by atoms with Gasteiger partial charge in [0.15, 0.2) is 5.13 Å². The van der Waals surface area contributed by atoms with Gasteiger partial charge in [-0.3, -0.25) is 4.79 Å². The Morgan fingerprint density at radius 1 is 1.65 bits per heavy atom. The lowest BCUT2D eigenvalue weighted by atomic mass is 10.0. The van der Waals surface area contributed by atoms with E-state index in [0.717, 1.165) is 11.6 Å². The van der Waals surface area contributed by atoms with Crippen LogP contribution >= 0.6 is 11.3 Å². The molecule has 0 bridgehead atoms. The Kier molecular flexibility index (Phi) is 4.89. The number of carboxylic acid groups (broad SMARTS) is 1. The van der Waals surface area contributed by atoms with E-state index < -0.39 is 12.0 Å².